The van der Waals surface area contributed by atoms with Gasteiger partial charge in [-0.05, 0) is 32.4 Å². The summed E-state index contributed by atoms with van der Waals surface area (Å²) in [5, 5.41) is 10.9. The number of carbonyl (C=O) groups excluding carboxylic acids is 2. The van der Waals surface area contributed by atoms with E-state index in [1.807, 2.05) is 26.8 Å². The summed E-state index contributed by atoms with van der Waals surface area (Å²) in [6.07, 6.45) is 0.269. The lowest BCUT2D eigenvalue weighted by atomic mass is 10.0. The molecule has 1 atom stereocenters. The molecular weight excluding hydrogens is 352 g/mol. The van der Waals surface area contributed by atoms with Crippen LogP contribution in [-0.4, -0.2) is 28.6 Å². The van der Waals surface area contributed by atoms with Crippen molar-refractivity contribution in [3.8, 4) is 0 Å². The number of ketones is 1. The second-order valence-electron chi connectivity index (χ2n) is 6.28. The number of non-ortho nitro benzene ring substituents is 1. The number of nitro groups is 1. The second-order valence-corrected chi connectivity index (χ2v) is 7.74. The number of carbonyl (C=O) groups is 2. The standard InChI is InChI=1S/C19H22N2O4S/c1-12-10-17(14(3)26-12)18(22)8-9-19(23)20(4)13(2)15-6-5-7-16(11-15)21(24)25/h5-7,10-11,13H,8-9H2,1-4H3/t13-/m1/s1. The number of aryl methyl sites for hydroxylation is 2. The summed E-state index contributed by atoms with van der Waals surface area (Å²) in [6.45, 7) is 5.67. The van der Waals surface area contributed by atoms with Crippen LogP contribution in [0.2, 0.25) is 0 Å². The highest BCUT2D eigenvalue weighted by Crippen LogP contribution is 2.25. The third-order valence-corrected chi connectivity index (χ3v) is 5.41. The predicted octanol–water partition coefficient (Wildman–Crippen LogP) is 4.46. The molecule has 0 radical (unpaired) electrons. The zero-order valence-electron chi connectivity index (χ0n) is 15.3. The van der Waals surface area contributed by atoms with Crippen molar-refractivity contribution in [3.05, 3.63) is 61.3 Å². The van der Waals surface area contributed by atoms with E-state index < -0.39 is 4.92 Å². The summed E-state index contributed by atoms with van der Waals surface area (Å²) in [5.74, 6) is -0.196. The van der Waals surface area contributed by atoms with Crippen molar-refractivity contribution in [2.75, 3.05) is 7.05 Å². The Morgan fingerprint density at radius 3 is 2.50 bits per heavy atom. The fourth-order valence-corrected chi connectivity index (χ4v) is 3.72. The van der Waals surface area contributed by atoms with Crippen LogP contribution < -0.4 is 0 Å². The van der Waals surface area contributed by atoms with Crippen LogP contribution in [-0.2, 0) is 4.79 Å². The van der Waals surface area contributed by atoms with E-state index in [-0.39, 0.29) is 36.3 Å². The average molecular weight is 374 g/mol. The lowest BCUT2D eigenvalue weighted by Crippen LogP contribution is -2.30. The number of hydrogen-bond donors (Lipinski definition) is 0. The number of thiophene rings is 1. The average Bonchev–Trinajstić information content (AvgIpc) is 2.96. The summed E-state index contributed by atoms with van der Waals surface area (Å²) in [6, 6.07) is 7.79. The molecule has 2 aromatic rings. The molecule has 0 saturated carbocycles. The topological polar surface area (TPSA) is 80.5 Å². The van der Waals surface area contributed by atoms with Crippen LogP contribution in [0.5, 0.6) is 0 Å². The number of Topliss-reactive ketones (excluding diaryl/α,β-unsaturated/α-hetero) is 1. The molecule has 0 unspecified atom stereocenters. The number of nitro benzene ring substituents is 1. The van der Waals surface area contributed by atoms with E-state index in [0.29, 0.717) is 11.1 Å². The number of nitrogens with zero attached hydrogens (tertiary/aromatic N) is 2. The molecule has 0 N–H and O–H groups in total. The Morgan fingerprint density at radius 1 is 1.23 bits per heavy atom. The lowest BCUT2D eigenvalue weighted by molar-refractivity contribution is -0.384. The molecule has 7 heteroatoms. The molecular formula is C19H22N2O4S. The Kier molecular flexibility index (Phi) is 6.26. The summed E-state index contributed by atoms with van der Waals surface area (Å²) in [5.41, 5.74) is 1.37. The van der Waals surface area contributed by atoms with Gasteiger partial charge in [0.05, 0.1) is 11.0 Å². The number of amides is 1. The van der Waals surface area contributed by atoms with Gasteiger partial charge < -0.3 is 4.90 Å². The van der Waals surface area contributed by atoms with E-state index in [4.69, 9.17) is 0 Å². The predicted molar refractivity (Wildman–Crippen MR) is 102 cm³/mol. The number of hydrogen-bond acceptors (Lipinski definition) is 5. The van der Waals surface area contributed by atoms with Gasteiger partial charge in [0, 0.05) is 47.3 Å². The van der Waals surface area contributed by atoms with E-state index in [9.17, 15) is 19.7 Å². The van der Waals surface area contributed by atoms with Crippen LogP contribution in [0.25, 0.3) is 0 Å². The molecule has 0 aliphatic carbocycles. The summed E-state index contributed by atoms with van der Waals surface area (Å²) in [7, 11) is 1.65. The van der Waals surface area contributed by atoms with Gasteiger partial charge in [-0.15, -0.1) is 11.3 Å². The lowest BCUT2D eigenvalue weighted by Gasteiger charge is -2.25. The highest BCUT2D eigenvalue weighted by atomic mass is 32.1. The monoisotopic (exact) mass is 374 g/mol. The van der Waals surface area contributed by atoms with Gasteiger partial charge in [0.2, 0.25) is 5.91 Å². The van der Waals surface area contributed by atoms with Crippen LogP contribution in [0.4, 0.5) is 5.69 Å². The van der Waals surface area contributed by atoms with E-state index in [2.05, 4.69) is 0 Å². The molecule has 6 nitrogen and oxygen atoms in total. The largest absolute Gasteiger partial charge is 0.339 e. The van der Waals surface area contributed by atoms with Crippen molar-refractivity contribution >= 4 is 28.7 Å². The van der Waals surface area contributed by atoms with Gasteiger partial charge in [-0.1, -0.05) is 12.1 Å². The van der Waals surface area contributed by atoms with Crippen LogP contribution in [0.15, 0.2) is 30.3 Å². The smallest absolute Gasteiger partial charge is 0.269 e. The maximum absolute atomic E-state index is 12.4. The first-order valence-electron chi connectivity index (χ1n) is 8.31. The molecule has 2 rings (SSSR count). The van der Waals surface area contributed by atoms with E-state index in [1.165, 1.54) is 17.0 Å². The molecule has 26 heavy (non-hydrogen) atoms. The zero-order valence-corrected chi connectivity index (χ0v) is 16.1. The number of rotatable bonds is 7. The molecule has 1 aromatic heterocycles. The molecule has 0 saturated heterocycles. The first-order valence-corrected chi connectivity index (χ1v) is 9.12. The van der Waals surface area contributed by atoms with Crippen LogP contribution in [0.1, 0.15) is 51.5 Å². The molecule has 0 aliphatic rings. The molecule has 1 aromatic carbocycles. The zero-order chi connectivity index (χ0) is 19.4. The van der Waals surface area contributed by atoms with Crippen molar-refractivity contribution in [1.29, 1.82) is 0 Å². The quantitative estimate of drug-likeness (QED) is 0.407. The van der Waals surface area contributed by atoms with Gasteiger partial charge in [0.25, 0.3) is 5.69 Å². The highest BCUT2D eigenvalue weighted by Gasteiger charge is 2.21. The minimum Gasteiger partial charge on any atom is -0.339 e. The van der Waals surface area contributed by atoms with E-state index in [1.54, 1.807) is 30.5 Å². The molecule has 0 spiro atoms. The third kappa shape index (κ3) is 4.54. The normalized spacial score (nSPS) is 11.8. The second kappa shape index (κ2) is 8.23. The highest BCUT2D eigenvalue weighted by molar-refractivity contribution is 7.12. The maximum atomic E-state index is 12.4. The fraction of sp³-hybridized carbons (Fsp3) is 0.368. The van der Waals surface area contributed by atoms with Gasteiger partial charge in [-0.2, -0.15) is 0 Å². The van der Waals surface area contributed by atoms with Gasteiger partial charge in [0.15, 0.2) is 5.78 Å². The van der Waals surface area contributed by atoms with Crippen molar-refractivity contribution in [1.82, 2.24) is 4.90 Å². The molecule has 1 heterocycles. The van der Waals surface area contributed by atoms with Crippen molar-refractivity contribution in [3.63, 3.8) is 0 Å². The summed E-state index contributed by atoms with van der Waals surface area (Å²) < 4.78 is 0. The van der Waals surface area contributed by atoms with E-state index in [0.717, 1.165) is 9.75 Å². The molecule has 0 fully saturated rings. The van der Waals surface area contributed by atoms with Crippen molar-refractivity contribution in [2.45, 2.75) is 39.7 Å². The van der Waals surface area contributed by atoms with E-state index >= 15 is 0 Å². The fourth-order valence-electron chi connectivity index (χ4n) is 2.78. The summed E-state index contributed by atoms with van der Waals surface area (Å²) in [4.78, 5) is 38.8. The van der Waals surface area contributed by atoms with Gasteiger partial charge in [-0.25, -0.2) is 0 Å². The van der Waals surface area contributed by atoms with Gasteiger partial charge >= 0.3 is 0 Å². The van der Waals surface area contributed by atoms with Crippen LogP contribution >= 0.6 is 11.3 Å². The van der Waals surface area contributed by atoms with Gasteiger partial charge in [0.1, 0.15) is 0 Å². The molecule has 138 valence electrons. The minimum atomic E-state index is -0.456. The molecule has 1 amide bonds. The Hall–Kier alpha value is -2.54. The Labute approximate surface area is 156 Å². The Bertz CT molecular complexity index is 844. The molecule has 0 aliphatic heterocycles. The Morgan fingerprint density at radius 2 is 1.92 bits per heavy atom. The van der Waals surface area contributed by atoms with Crippen molar-refractivity contribution < 1.29 is 14.5 Å². The van der Waals surface area contributed by atoms with Crippen LogP contribution in [0.3, 0.4) is 0 Å². The Balaban J connectivity index is 2.00. The molecule has 0 bridgehead atoms. The third-order valence-electron chi connectivity index (χ3n) is 4.45. The first kappa shape index (κ1) is 19.8. The maximum Gasteiger partial charge on any atom is 0.269 e. The first-order chi connectivity index (χ1) is 12.2. The van der Waals surface area contributed by atoms with Gasteiger partial charge in [-0.3, -0.25) is 19.7 Å². The summed E-state index contributed by atoms with van der Waals surface area (Å²) >= 11 is 1.57. The van der Waals surface area contributed by atoms with Crippen LogP contribution in [0, 0.1) is 24.0 Å². The van der Waals surface area contributed by atoms with Crippen molar-refractivity contribution in [2.24, 2.45) is 0 Å². The number of benzene rings is 1. The minimum absolute atomic E-state index is 0.00585. The SMILES string of the molecule is Cc1cc(C(=O)CCC(=O)N(C)[C@H](C)c2cccc([N+](=O)[O-])c2)c(C)s1.